The van der Waals surface area contributed by atoms with Gasteiger partial charge in [-0.05, 0) is 72.4 Å². The molecule has 4 rings (SSSR count). The smallest absolute Gasteiger partial charge is 0.128 e. The molecule has 2 aromatic carbocycles. The van der Waals surface area contributed by atoms with Gasteiger partial charge in [0.15, 0.2) is 0 Å². The number of aromatic nitrogens is 2. The van der Waals surface area contributed by atoms with Crippen LogP contribution in [0, 0.1) is 11.3 Å². The molecule has 3 aromatic rings. The Balaban J connectivity index is 1.70. The van der Waals surface area contributed by atoms with Crippen molar-refractivity contribution in [3.8, 4) is 16.9 Å². The zero-order valence-electron chi connectivity index (χ0n) is 19.6. The molecule has 170 valence electrons. The molecule has 1 heterocycles. The van der Waals surface area contributed by atoms with Crippen molar-refractivity contribution in [1.82, 2.24) is 9.97 Å². The Morgan fingerprint density at radius 2 is 1.69 bits per heavy atom. The van der Waals surface area contributed by atoms with Crippen LogP contribution in [-0.2, 0) is 5.54 Å². The van der Waals surface area contributed by atoms with Crippen LogP contribution in [-0.4, -0.2) is 27.8 Å². The molecule has 0 amide bonds. The third-order valence-corrected chi connectivity index (χ3v) is 7.01. The van der Waals surface area contributed by atoms with Crippen LogP contribution in [0.25, 0.3) is 21.9 Å². The van der Waals surface area contributed by atoms with Crippen LogP contribution in [0.15, 0.2) is 49.1 Å². The molecule has 1 aliphatic rings. The number of aliphatic hydroxyl groups is 1. The van der Waals surface area contributed by atoms with E-state index in [4.69, 9.17) is 10.5 Å². The van der Waals surface area contributed by atoms with Gasteiger partial charge in [0.2, 0.25) is 0 Å². The van der Waals surface area contributed by atoms with Gasteiger partial charge in [-0.25, -0.2) is 9.97 Å². The van der Waals surface area contributed by atoms with Crippen LogP contribution in [0.5, 0.6) is 5.75 Å². The molecular formula is C27H35N3O2. The Morgan fingerprint density at radius 1 is 1.00 bits per heavy atom. The van der Waals surface area contributed by atoms with Crippen LogP contribution < -0.4 is 10.5 Å². The fourth-order valence-electron chi connectivity index (χ4n) is 4.81. The fraction of sp³-hybridized carbons (Fsp3) is 0.481. The van der Waals surface area contributed by atoms with Gasteiger partial charge in [-0.3, -0.25) is 0 Å². The maximum Gasteiger partial charge on any atom is 0.128 e. The lowest BCUT2D eigenvalue weighted by Gasteiger charge is -2.37. The monoisotopic (exact) mass is 433 g/mol. The van der Waals surface area contributed by atoms with Crippen molar-refractivity contribution in [2.45, 2.75) is 65.0 Å². The summed E-state index contributed by atoms with van der Waals surface area (Å²) < 4.78 is 6.61. The highest BCUT2D eigenvalue weighted by Crippen LogP contribution is 2.42. The summed E-state index contributed by atoms with van der Waals surface area (Å²) in [4.78, 5) is 8.49. The third kappa shape index (κ3) is 4.64. The minimum Gasteiger partial charge on any atom is -0.490 e. The molecular weight excluding hydrogens is 398 g/mol. The summed E-state index contributed by atoms with van der Waals surface area (Å²) in [5.74, 6) is 1.62. The summed E-state index contributed by atoms with van der Waals surface area (Å²) in [7, 11) is 0. The van der Waals surface area contributed by atoms with Crippen molar-refractivity contribution in [3.05, 3.63) is 54.6 Å². The standard InChI is InChI=1S/C27H35N3O2/c1-26(2,3)20-6-9-22(10-7-20)32-24-12-5-18-13-21(27(4,28)16-31)8-11-23(18)25(24)19-14-29-17-30-15-19/h5,8,11-15,17,20,22,31H,6-7,9-10,16,28H2,1-4H3/t20-,22-,27-/m0/s1. The Bertz CT molecular complexity index is 1070. The number of nitrogens with zero attached hydrogens (tertiary/aromatic N) is 2. The second kappa shape index (κ2) is 8.80. The lowest BCUT2D eigenvalue weighted by molar-refractivity contribution is 0.0886. The van der Waals surface area contributed by atoms with Gasteiger partial charge in [0.1, 0.15) is 12.1 Å². The molecule has 1 fully saturated rings. The van der Waals surface area contributed by atoms with Gasteiger partial charge in [-0.15, -0.1) is 0 Å². The molecule has 1 atom stereocenters. The number of aliphatic hydroxyl groups excluding tert-OH is 1. The summed E-state index contributed by atoms with van der Waals surface area (Å²) in [6, 6.07) is 10.2. The molecule has 0 saturated heterocycles. The van der Waals surface area contributed by atoms with Crippen molar-refractivity contribution in [3.63, 3.8) is 0 Å². The second-order valence-electron chi connectivity index (χ2n) is 10.5. The van der Waals surface area contributed by atoms with Crippen molar-refractivity contribution in [2.75, 3.05) is 6.61 Å². The zero-order chi connectivity index (χ0) is 22.9. The number of fused-ring (bicyclic) bond motifs is 1. The van der Waals surface area contributed by atoms with Gasteiger partial charge in [-0.1, -0.05) is 39.0 Å². The second-order valence-corrected chi connectivity index (χ2v) is 10.5. The van der Waals surface area contributed by atoms with E-state index in [-0.39, 0.29) is 12.7 Å². The largest absolute Gasteiger partial charge is 0.490 e. The Kier molecular flexibility index (Phi) is 6.24. The highest BCUT2D eigenvalue weighted by molar-refractivity contribution is 6.00. The molecule has 3 N–H and O–H groups in total. The summed E-state index contributed by atoms with van der Waals surface area (Å²) >= 11 is 0. The first-order valence-corrected chi connectivity index (χ1v) is 11.6. The van der Waals surface area contributed by atoms with Crippen molar-refractivity contribution in [1.29, 1.82) is 0 Å². The Hall–Kier alpha value is -2.50. The lowest BCUT2D eigenvalue weighted by atomic mass is 9.72. The number of hydrogen-bond acceptors (Lipinski definition) is 5. The van der Waals surface area contributed by atoms with E-state index in [0.717, 1.165) is 52.0 Å². The molecule has 1 saturated carbocycles. The van der Waals surface area contributed by atoms with Crippen molar-refractivity contribution >= 4 is 10.8 Å². The van der Waals surface area contributed by atoms with E-state index in [2.05, 4.69) is 55.0 Å². The highest BCUT2D eigenvalue weighted by atomic mass is 16.5. The number of benzene rings is 2. The molecule has 32 heavy (non-hydrogen) atoms. The van der Waals surface area contributed by atoms with Crippen LogP contribution in [0.3, 0.4) is 0 Å². The maximum absolute atomic E-state index is 9.69. The normalized spacial score (nSPS) is 21.3. The number of nitrogens with two attached hydrogens (primary N) is 1. The summed E-state index contributed by atoms with van der Waals surface area (Å²) in [6.45, 7) is 8.75. The average molecular weight is 434 g/mol. The van der Waals surface area contributed by atoms with Crippen LogP contribution >= 0.6 is 0 Å². The first kappa shape index (κ1) is 22.7. The van der Waals surface area contributed by atoms with Crippen LogP contribution in [0.1, 0.15) is 58.9 Å². The number of rotatable bonds is 5. The summed E-state index contributed by atoms with van der Waals surface area (Å²) in [6.07, 6.45) is 9.98. The Labute approximate surface area is 191 Å². The minimum atomic E-state index is -0.787. The van der Waals surface area contributed by atoms with Gasteiger partial charge >= 0.3 is 0 Å². The molecule has 1 aromatic heterocycles. The zero-order valence-corrected chi connectivity index (χ0v) is 19.6. The van der Waals surface area contributed by atoms with E-state index in [1.807, 2.05) is 25.4 Å². The average Bonchev–Trinajstić information content (AvgIpc) is 2.79. The molecule has 0 unspecified atom stereocenters. The molecule has 5 nitrogen and oxygen atoms in total. The fourth-order valence-corrected chi connectivity index (χ4v) is 4.81. The van der Waals surface area contributed by atoms with Gasteiger partial charge < -0.3 is 15.6 Å². The van der Waals surface area contributed by atoms with Gasteiger partial charge in [0.05, 0.1) is 18.2 Å². The summed E-state index contributed by atoms with van der Waals surface area (Å²) in [5.41, 5.74) is 8.68. The predicted molar refractivity (Wildman–Crippen MR) is 129 cm³/mol. The van der Waals surface area contributed by atoms with E-state index < -0.39 is 5.54 Å². The van der Waals surface area contributed by atoms with Gasteiger partial charge in [0, 0.05) is 23.5 Å². The lowest BCUT2D eigenvalue weighted by Crippen LogP contribution is -2.36. The van der Waals surface area contributed by atoms with E-state index in [1.165, 1.54) is 12.8 Å². The van der Waals surface area contributed by atoms with E-state index >= 15 is 0 Å². The van der Waals surface area contributed by atoms with Gasteiger partial charge in [0.25, 0.3) is 0 Å². The van der Waals surface area contributed by atoms with Crippen LogP contribution in [0.4, 0.5) is 0 Å². The number of hydrogen-bond donors (Lipinski definition) is 2. The van der Waals surface area contributed by atoms with Gasteiger partial charge in [-0.2, -0.15) is 0 Å². The first-order chi connectivity index (χ1) is 15.2. The van der Waals surface area contributed by atoms with Crippen molar-refractivity contribution < 1.29 is 9.84 Å². The molecule has 0 spiro atoms. The topological polar surface area (TPSA) is 81.3 Å². The molecule has 0 aliphatic heterocycles. The van der Waals surface area contributed by atoms with E-state index in [9.17, 15) is 5.11 Å². The third-order valence-electron chi connectivity index (χ3n) is 7.01. The van der Waals surface area contributed by atoms with E-state index in [0.29, 0.717) is 5.41 Å². The quantitative estimate of drug-likeness (QED) is 0.559. The molecule has 5 heteroatoms. The van der Waals surface area contributed by atoms with E-state index in [1.54, 1.807) is 6.33 Å². The molecule has 0 bridgehead atoms. The molecule has 0 radical (unpaired) electrons. The predicted octanol–water partition coefficient (Wildman–Crippen LogP) is 5.45. The first-order valence-electron chi connectivity index (χ1n) is 11.6. The number of ether oxygens (including phenoxy) is 1. The van der Waals surface area contributed by atoms with Crippen molar-refractivity contribution in [2.24, 2.45) is 17.1 Å². The minimum absolute atomic E-state index is 0.115. The molecule has 1 aliphatic carbocycles. The van der Waals surface area contributed by atoms with Crippen LogP contribution in [0.2, 0.25) is 0 Å². The SMILES string of the molecule is CC(C)(C)[C@H]1CC[C@H](Oc2ccc3cc([C@@](C)(N)CO)ccc3c2-c2cncnc2)CC1. The Morgan fingerprint density at radius 3 is 2.31 bits per heavy atom. The maximum atomic E-state index is 9.69. The summed E-state index contributed by atoms with van der Waals surface area (Å²) in [5, 5.41) is 11.8. The highest BCUT2D eigenvalue weighted by Gasteiger charge is 2.31.